The summed E-state index contributed by atoms with van der Waals surface area (Å²) in [4.78, 5) is 24.0. The van der Waals surface area contributed by atoms with Crippen molar-refractivity contribution in [3.8, 4) is 0 Å². The molecule has 0 aromatic carbocycles. The Hall–Kier alpha value is -1.60. The second kappa shape index (κ2) is 7.42. The van der Waals surface area contributed by atoms with E-state index in [4.69, 9.17) is 16.2 Å². The van der Waals surface area contributed by atoms with Gasteiger partial charge in [-0.3, -0.25) is 9.59 Å². The molecule has 0 fully saturated rings. The van der Waals surface area contributed by atoms with Gasteiger partial charge in [0.05, 0.1) is 28.8 Å². The molecule has 0 saturated carbocycles. The number of Topliss-reactive ketones (excluding diaryl/α,β-unsaturated/α-hetero) is 1. The molecule has 1 rings (SSSR count). The number of nitrogens with one attached hydrogen (secondary N) is 1. The Morgan fingerprint density at radius 1 is 1.29 bits per heavy atom. The van der Waals surface area contributed by atoms with Crippen LogP contribution in [0.15, 0.2) is 0 Å². The number of carbonyl (C=O) groups excluding carboxylic acids is 2. The topological polar surface area (TPSA) is 107 Å². The summed E-state index contributed by atoms with van der Waals surface area (Å²) in [6.07, 6.45) is 0.133. The number of thiophene rings is 1. The second-order valence-corrected chi connectivity index (χ2v) is 6.30. The van der Waals surface area contributed by atoms with Crippen LogP contribution in [-0.2, 0) is 4.74 Å². The van der Waals surface area contributed by atoms with Crippen LogP contribution in [0, 0.1) is 5.92 Å². The van der Waals surface area contributed by atoms with Crippen LogP contribution in [0.3, 0.4) is 0 Å². The molecular formula is C14H23N3O3S. The number of rotatable bonds is 8. The summed E-state index contributed by atoms with van der Waals surface area (Å²) in [5.41, 5.74) is 11.6. The van der Waals surface area contributed by atoms with E-state index in [1.165, 1.54) is 11.3 Å². The summed E-state index contributed by atoms with van der Waals surface area (Å²) in [5, 5.41) is 3.59. The maximum atomic E-state index is 12.1. The average Bonchev–Trinajstić information content (AvgIpc) is 2.70. The Labute approximate surface area is 128 Å². The van der Waals surface area contributed by atoms with Crippen molar-refractivity contribution in [3.05, 3.63) is 10.4 Å². The Bertz CT molecular complexity index is 524. The number of primary amides is 1. The minimum Gasteiger partial charge on any atom is -0.397 e. The van der Waals surface area contributed by atoms with Crippen molar-refractivity contribution < 1.29 is 14.3 Å². The quantitative estimate of drug-likeness (QED) is 0.503. The molecule has 7 heteroatoms. The molecule has 0 radical (unpaired) electrons. The third-order valence-corrected chi connectivity index (χ3v) is 3.96. The number of amides is 1. The fourth-order valence-corrected chi connectivity index (χ4v) is 2.96. The molecular weight excluding hydrogens is 290 g/mol. The van der Waals surface area contributed by atoms with Gasteiger partial charge in [-0.1, -0.05) is 13.8 Å². The molecule has 0 saturated heterocycles. The van der Waals surface area contributed by atoms with Crippen molar-refractivity contribution in [1.82, 2.24) is 0 Å². The van der Waals surface area contributed by atoms with Gasteiger partial charge in [0.25, 0.3) is 5.91 Å². The van der Waals surface area contributed by atoms with E-state index in [1.54, 1.807) is 13.8 Å². The first-order valence-corrected chi connectivity index (χ1v) is 7.69. The first-order chi connectivity index (χ1) is 9.75. The Kier molecular flexibility index (Phi) is 6.17. The molecule has 6 nitrogen and oxygen atoms in total. The number of carbonyl (C=O) groups is 2. The summed E-state index contributed by atoms with van der Waals surface area (Å²) in [6, 6.07) is 0. The second-order valence-electron chi connectivity index (χ2n) is 5.28. The van der Waals surface area contributed by atoms with Crippen LogP contribution in [-0.4, -0.2) is 30.9 Å². The van der Waals surface area contributed by atoms with E-state index < -0.39 is 5.91 Å². The van der Waals surface area contributed by atoms with E-state index in [0.717, 1.165) is 0 Å². The van der Waals surface area contributed by atoms with Crippen LogP contribution < -0.4 is 16.8 Å². The van der Waals surface area contributed by atoms with Crippen LogP contribution in [0.5, 0.6) is 0 Å². The highest BCUT2D eigenvalue weighted by molar-refractivity contribution is 7.19. The lowest BCUT2D eigenvalue weighted by molar-refractivity contribution is 0.0870. The van der Waals surface area contributed by atoms with Crippen molar-refractivity contribution in [1.29, 1.82) is 0 Å². The van der Waals surface area contributed by atoms with Crippen LogP contribution >= 0.6 is 11.3 Å². The van der Waals surface area contributed by atoms with E-state index in [1.807, 2.05) is 13.8 Å². The highest BCUT2D eigenvalue weighted by atomic mass is 32.1. The molecule has 0 aliphatic rings. The number of anilines is 2. The monoisotopic (exact) mass is 313 g/mol. The zero-order chi connectivity index (χ0) is 16.2. The molecule has 0 atom stereocenters. The summed E-state index contributed by atoms with van der Waals surface area (Å²) in [6.45, 7) is 8.45. The van der Waals surface area contributed by atoms with Crippen molar-refractivity contribution in [2.24, 2.45) is 11.7 Å². The minimum absolute atomic E-state index is 0.0912. The summed E-state index contributed by atoms with van der Waals surface area (Å²) in [5.74, 6) is -0.922. The van der Waals surface area contributed by atoms with Gasteiger partial charge in [-0.2, -0.15) is 0 Å². The molecule has 0 unspecified atom stereocenters. The third-order valence-electron chi connectivity index (χ3n) is 2.78. The van der Waals surface area contributed by atoms with Crippen LogP contribution in [0.25, 0.3) is 0 Å². The average molecular weight is 313 g/mol. The Balaban J connectivity index is 2.95. The minimum atomic E-state index is -0.640. The van der Waals surface area contributed by atoms with Gasteiger partial charge >= 0.3 is 0 Å². The third kappa shape index (κ3) is 4.44. The molecule has 0 aliphatic carbocycles. The van der Waals surface area contributed by atoms with Gasteiger partial charge in [-0.15, -0.1) is 11.3 Å². The number of ketones is 1. The molecule has 1 aromatic heterocycles. The molecule has 21 heavy (non-hydrogen) atoms. The summed E-state index contributed by atoms with van der Waals surface area (Å²) in [7, 11) is 0. The highest BCUT2D eigenvalue weighted by Crippen LogP contribution is 2.36. The predicted molar refractivity (Wildman–Crippen MR) is 86.0 cm³/mol. The Morgan fingerprint density at radius 3 is 2.38 bits per heavy atom. The lowest BCUT2D eigenvalue weighted by Crippen LogP contribution is -2.17. The molecule has 118 valence electrons. The molecule has 0 spiro atoms. The lowest BCUT2D eigenvalue weighted by atomic mass is 10.1. The summed E-state index contributed by atoms with van der Waals surface area (Å²) >= 11 is 1.17. The molecule has 0 bridgehead atoms. The van der Waals surface area contributed by atoms with Crippen LogP contribution in [0.4, 0.5) is 10.7 Å². The maximum absolute atomic E-state index is 12.1. The Morgan fingerprint density at radius 2 is 1.90 bits per heavy atom. The van der Waals surface area contributed by atoms with Gasteiger partial charge in [-0.05, 0) is 13.8 Å². The summed E-state index contributed by atoms with van der Waals surface area (Å²) < 4.78 is 5.41. The SMILES string of the molecule is CC(C)OCCNc1sc(C(=O)C(C)C)c(N)c1C(N)=O. The van der Waals surface area contributed by atoms with E-state index in [2.05, 4.69) is 5.32 Å². The van der Waals surface area contributed by atoms with Gasteiger partial charge in [0.2, 0.25) is 0 Å². The fourth-order valence-electron chi connectivity index (χ4n) is 1.72. The van der Waals surface area contributed by atoms with Gasteiger partial charge in [0.1, 0.15) is 5.00 Å². The molecule has 1 amide bonds. The normalized spacial score (nSPS) is 11.1. The van der Waals surface area contributed by atoms with Crippen molar-refractivity contribution in [2.45, 2.75) is 33.8 Å². The first kappa shape index (κ1) is 17.5. The van der Waals surface area contributed by atoms with E-state index >= 15 is 0 Å². The van der Waals surface area contributed by atoms with Crippen molar-refractivity contribution in [3.63, 3.8) is 0 Å². The van der Waals surface area contributed by atoms with Crippen molar-refractivity contribution in [2.75, 3.05) is 24.2 Å². The van der Waals surface area contributed by atoms with Crippen LogP contribution in [0.1, 0.15) is 47.7 Å². The van der Waals surface area contributed by atoms with Gasteiger partial charge in [0.15, 0.2) is 5.78 Å². The van der Waals surface area contributed by atoms with E-state index in [0.29, 0.717) is 23.0 Å². The first-order valence-electron chi connectivity index (χ1n) is 6.87. The zero-order valence-electron chi connectivity index (χ0n) is 12.9. The lowest BCUT2D eigenvalue weighted by Gasteiger charge is -2.09. The van der Waals surface area contributed by atoms with E-state index in [9.17, 15) is 9.59 Å². The number of ether oxygens (including phenoxy) is 1. The number of hydrogen-bond donors (Lipinski definition) is 3. The van der Waals surface area contributed by atoms with Gasteiger partial charge in [0, 0.05) is 12.5 Å². The maximum Gasteiger partial charge on any atom is 0.253 e. The number of nitrogen functional groups attached to an aromatic ring is 1. The molecule has 1 heterocycles. The number of hydrogen-bond acceptors (Lipinski definition) is 6. The zero-order valence-corrected chi connectivity index (χ0v) is 13.7. The van der Waals surface area contributed by atoms with Crippen LogP contribution in [0.2, 0.25) is 0 Å². The predicted octanol–water partition coefficient (Wildman–Crippen LogP) is 2.10. The van der Waals surface area contributed by atoms with E-state index in [-0.39, 0.29) is 29.1 Å². The molecule has 0 aliphatic heterocycles. The smallest absolute Gasteiger partial charge is 0.253 e. The van der Waals surface area contributed by atoms with Crippen molar-refractivity contribution >= 4 is 33.7 Å². The largest absolute Gasteiger partial charge is 0.397 e. The van der Waals surface area contributed by atoms with Gasteiger partial charge < -0.3 is 21.5 Å². The molecule has 1 aromatic rings. The number of nitrogens with two attached hydrogens (primary N) is 2. The fraction of sp³-hybridized carbons (Fsp3) is 0.571. The van der Waals surface area contributed by atoms with Gasteiger partial charge in [-0.25, -0.2) is 0 Å². The molecule has 5 N–H and O–H groups in total. The standard InChI is InChI=1S/C14H23N3O3S/c1-7(2)11(18)12-10(15)9(13(16)19)14(21-12)17-5-6-20-8(3)4/h7-8,17H,5-6,15H2,1-4H3,(H2,16,19). The highest BCUT2D eigenvalue weighted by Gasteiger charge is 2.25.